The lowest BCUT2D eigenvalue weighted by molar-refractivity contribution is -0.126. The van der Waals surface area contributed by atoms with E-state index in [1.807, 2.05) is 0 Å². The SMILES string of the molecule is CCCCOCCCNC(=O)C1CNC1. The van der Waals surface area contributed by atoms with Crippen molar-refractivity contribution >= 4 is 5.91 Å². The molecule has 1 heterocycles. The Morgan fingerprint density at radius 2 is 2.13 bits per heavy atom. The first-order valence-corrected chi connectivity index (χ1v) is 5.90. The minimum atomic E-state index is 0.183. The van der Waals surface area contributed by atoms with Gasteiger partial charge in [-0.15, -0.1) is 0 Å². The number of nitrogens with one attached hydrogen (secondary N) is 2. The van der Waals surface area contributed by atoms with Crippen LogP contribution in [0.1, 0.15) is 26.2 Å². The molecule has 0 aromatic heterocycles. The summed E-state index contributed by atoms with van der Waals surface area (Å²) in [7, 11) is 0. The fourth-order valence-corrected chi connectivity index (χ4v) is 1.35. The van der Waals surface area contributed by atoms with Gasteiger partial charge in [-0.2, -0.15) is 0 Å². The van der Waals surface area contributed by atoms with E-state index in [1.165, 1.54) is 6.42 Å². The van der Waals surface area contributed by atoms with Gasteiger partial charge in [0.1, 0.15) is 0 Å². The van der Waals surface area contributed by atoms with Crippen molar-refractivity contribution < 1.29 is 9.53 Å². The number of ether oxygens (including phenoxy) is 1. The van der Waals surface area contributed by atoms with E-state index in [4.69, 9.17) is 4.74 Å². The van der Waals surface area contributed by atoms with Crippen molar-refractivity contribution in [2.24, 2.45) is 5.92 Å². The lowest BCUT2D eigenvalue weighted by Crippen LogP contribution is -2.50. The van der Waals surface area contributed by atoms with Gasteiger partial charge < -0.3 is 15.4 Å². The highest BCUT2D eigenvalue weighted by molar-refractivity contribution is 5.79. The summed E-state index contributed by atoms with van der Waals surface area (Å²) in [4.78, 5) is 11.4. The van der Waals surface area contributed by atoms with Gasteiger partial charge in [-0.25, -0.2) is 0 Å². The largest absolute Gasteiger partial charge is 0.381 e. The number of unbranched alkanes of at least 4 members (excludes halogenated alkanes) is 1. The molecule has 0 spiro atoms. The topological polar surface area (TPSA) is 50.4 Å². The molecule has 15 heavy (non-hydrogen) atoms. The van der Waals surface area contributed by atoms with Gasteiger partial charge in [0.25, 0.3) is 0 Å². The molecule has 1 fully saturated rings. The molecule has 0 atom stereocenters. The summed E-state index contributed by atoms with van der Waals surface area (Å²) >= 11 is 0. The fourth-order valence-electron chi connectivity index (χ4n) is 1.35. The Labute approximate surface area is 91.8 Å². The molecule has 0 aromatic carbocycles. The molecule has 2 N–H and O–H groups in total. The van der Waals surface area contributed by atoms with Crippen LogP contribution in [-0.4, -0.2) is 38.8 Å². The van der Waals surface area contributed by atoms with Crippen LogP contribution in [0.3, 0.4) is 0 Å². The standard InChI is InChI=1S/C11H22N2O2/c1-2-3-6-15-7-4-5-13-11(14)10-8-12-9-10/h10,12H,2-9H2,1H3,(H,13,14). The van der Waals surface area contributed by atoms with E-state index in [-0.39, 0.29) is 11.8 Å². The molecule has 1 aliphatic rings. The third kappa shape index (κ3) is 5.14. The number of hydrogen-bond donors (Lipinski definition) is 2. The molecule has 0 unspecified atom stereocenters. The summed E-state index contributed by atoms with van der Waals surface area (Å²) in [5, 5.41) is 6.00. The minimum Gasteiger partial charge on any atom is -0.381 e. The van der Waals surface area contributed by atoms with E-state index >= 15 is 0 Å². The van der Waals surface area contributed by atoms with Crippen molar-refractivity contribution in [2.75, 3.05) is 32.8 Å². The van der Waals surface area contributed by atoms with Crippen LogP contribution in [-0.2, 0) is 9.53 Å². The average Bonchev–Trinajstić information content (AvgIpc) is 2.14. The van der Waals surface area contributed by atoms with Crippen molar-refractivity contribution in [1.82, 2.24) is 10.6 Å². The Morgan fingerprint density at radius 3 is 2.73 bits per heavy atom. The van der Waals surface area contributed by atoms with E-state index in [0.29, 0.717) is 0 Å². The van der Waals surface area contributed by atoms with Crippen molar-refractivity contribution in [3.05, 3.63) is 0 Å². The molecule has 0 aromatic rings. The van der Waals surface area contributed by atoms with Crippen LogP contribution in [0.15, 0.2) is 0 Å². The van der Waals surface area contributed by atoms with Gasteiger partial charge in [-0.05, 0) is 12.8 Å². The second kappa shape index (κ2) is 7.65. The quantitative estimate of drug-likeness (QED) is 0.579. The predicted molar refractivity (Wildman–Crippen MR) is 59.7 cm³/mol. The van der Waals surface area contributed by atoms with Crippen molar-refractivity contribution in [3.63, 3.8) is 0 Å². The van der Waals surface area contributed by atoms with Crippen LogP contribution in [0.2, 0.25) is 0 Å². The zero-order valence-electron chi connectivity index (χ0n) is 9.55. The fraction of sp³-hybridized carbons (Fsp3) is 0.909. The second-order valence-electron chi connectivity index (χ2n) is 3.97. The Morgan fingerprint density at radius 1 is 1.40 bits per heavy atom. The maximum absolute atomic E-state index is 11.4. The smallest absolute Gasteiger partial charge is 0.225 e. The summed E-state index contributed by atoms with van der Waals surface area (Å²) in [6.45, 7) is 6.15. The van der Waals surface area contributed by atoms with Gasteiger partial charge >= 0.3 is 0 Å². The van der Waals surface area contributed by atoms with Gasteiger partial charge in [-0.1, -0.05) is 13.3 Å². The number of carbonyl (C=O) groups excluding carboxylic acids is 1. The van der Waals surface area contributed by atoms with Gasteiger partial charge in [0, 0.05) is 32.8 Å². The Balaban J connectivity index is 1.81. The third-order valence-electron chi connectivity index (χ3n) is 2.56. The van der Waals surface area contributed by atoms with Crippen LogP contribution >= 0.6 is 0 Å². The average molecular weight is 214 g/mol. The first kappa shape index (κ1) is 12.5. The number of hydrogen-bond acceptors (Lipinski definition) is 3. The number of amides is 1. The minimum absolute atomic E-state index is 0.183. The summed E-state index contributed by atoms with van der Waals surface area (Å²) in [5.74, 6) is 0.383. The molecule has 88 valence electrons. The molecular formula is C11H22N2O2. The van der Waals surface area contributed by atoms with E-state index in [0.717, 1.165) is 45.7 Å². The van der Waals surface area contributed by atoms with Gasteiger partial charge in [0.05, 0.1) is 5.92 Å². The first-order chi connectivity index (χ1) is 7.34. The molecular weight excluding hydrogens is 192 g/mol. The van der Waals surface area contributed by atoms with E-state index < -0.39 is 0 Å². The summed E-state index contributed by atoms with van der Waals surface area (Å²) < 4.78 is 5.39. The second-order valence-corrected chi connectivity index (χ2v) is 3.97. The molecule has 0 radical (unpaired) electrons. The van der Waals surface area contributed by atoms with Crippen molar-refractivity contribution in [1.29, 1.82) is 0 Å². The molecule has 1 aliphatic heterocycles. The highest BCUT2D eigenvalue weighted by atomic mass is 16.5. The molecule has 1 amide bonds. The molecule has 4 heteroatoms. The highest BCUT2D eigenvalue weighted by Crippen LogP contribution is 2.01. The van der Waals surface area contributed by atoms with Crippen LogP contribution < -0.4 is 10.6 Å². The third-order valence-corrected chi connectivity index (χ3v) is 2.56. The first-order valence-electron chi connectivity index (χ1n) is 5.90. The van der Waals surface area contributed by atoms with Gasteiger partial charge in [-0.3, -0.25) is 4.79 Å². The molecule has 0 aliphatic carbocycles. The zero-order valence-corrected chi connectivity index (χ0v) is 9.55. The van der Waals surface area contributed by atoms with Crippen molar-refractivity contribution in [2.45, 2.75) is 26.2 Å². The van der Waals surface area contributed by atoms with Crippen molar-refractivity contribution in [3.8, 4) is 0 Å². The number of rotatable bonds is 8. The normalized spacial score (nSPS) is 16.1. The summed E-state index contributed by atoms with van der Waals surface area (Å²) in [6.07, 6.45) is 3.21. The molecule has 0 bridgehead atoms. The summed E-state index contributed by atoms with van der Waals surface area (Å²) in [5.41, 5.74) is 0. The van der Waals surface area contributed by atoms with E-state index in [9.17, 15) is 4.79 Å². The maximum Gasteiger partial charge on any atom is 0.225 e. The summed E-state index contributed by atoms with van der Waals surface area (Å²) in [6, 6.07) is 0. The Bertz CT molecular complexity index is 181. The maximum atomic E-state index is 11.4. The van der Waals surface area contributed by atoms with Crippen LogP contribution in [0.25, 0.3) is 0 Å². The lowest BCUT2D eigenvalue weighted by atomic mass is 10.0. The highest BCUT2D eigenvalue weighted by Gasteiger charge is 2.23. The zero-order chi connectivity index (χ0) is 10.9. The van der Waals surface area contributed by atoms with Crippen LogP contribution in [0.4, 0.5) is 0 Å². The molecule has 1 saturated heterocycles. The molecule has 0 saturated carbocycles. The predicted octanol–water partition coefficient (Wildman–Crippen LogP) is 0.529. The van der Waals surface area contributed by atoms with Gasteiger partial charge in [0.2, 0.25) is 5.91 Å². The van der Waals surface area contributed by atoms with E-state index in [2.05, 4.69) is 17.6 Å². The molecule has 4 nitrogen and oxygen atoms in total. The monoisotopic (exact) mass is 214 g/mol. The Kier molecular flexibility index (Phi) is 6.36. The van der Waals surface area contributed by atoms with Crippen LogP contribution in [0, 0.1) is 5.92 Å². The number of carbonyl (C=O) groups is 1. The molecule has 1 rings (SSSR count). The van der Waals surface area contributed by atoms with Gasteiger partial charge in [0.15, 0.2) is 0 Å². The lowest BCUT2D eigenvalue weighted by Gasteiger charge is -2.25. The van der Waals surface area contributed by atoms with E-state index in [1.54, 1.807) is 0 Å². The van der Waals surface area contributed by atoms with Crippen LogP contribution in [0.5, 0.6) is 0 Å². The Hall–Kier alpha value is -0.610.